The number of benzene rings is 2. The number of hydrogen-bond acceptors (Lipinski definition) is 4. The van der Waals surface area contributed by atoms with Crippen LogP contribution in [0.3, 0.4) is 0 Å². The predicted molar refractivity (Wildman–Crippen MR) is 93.1 cm³/mol. The minimum Gasteiger partial charge on any atom is -0.408 e. The van der Waals surface area contributed by atoms with Crippen LogP contribution in [-0.4, -0.2) is 13.0 Å². The molecule has 27 heavy (non-hydrogen) atoms. The number of halogens is 3. The van der Waals surface area contributed by atoms with E-state index in [0.29, 0.717) is 17.6 Å². The van der Waals surface area contributed by atoms with Crippen molar-refractivity contribution in [3.8, 4) is 0 Å². The van der Waals surface area contributed by atoms with Gasteiger partial charge in [0.1, 0.15) is 0 Å². The highest BCUT2D eigenvalue weighted by Gasteiger charge is 2.30. The third kappa shape index (κ3) is 3.57. The minimum atomic E-state index is -4.51. The standard InChI is InChI=1S/C17H15F3N2O4S/c1-3-22-13-8-10(2)15(9-14(13)26-16(22)23)27(24,25)21-12-6-4-11(5-7-12)17(18,19)20/h4-9,21H,3H2,1-2H3. The number of aromatic nitrogens is 1. The number of fused-ring (bicyclic) bond motifs is 1. The fourth-order valence-electron chi connectivity index (χ4n) is 2.72. The van der Waals surface area contributed by atoms with Crippen molar-refractivity contribution in [3.05, 3.63) is 58.1 Å². The van der Waals surface area contributed by atoms with E-state index in [2.05, 4.69) is 4.72 Å². The number of nitrogens with one attached hydrogen (secondary N) is 1. The van der Waals surface area contributed by atoms with Gasteiger partial charge in [0.05, 0.1) is 16.0 Å². The first kappa shape index (κ1) is 19.0. The summed E-state index contributed by atoms with van der Waals surface area (Å²) in [6.45, 7) is 3.67. The summed E-state index contributed by atoms with van der Waals surface area (Å²) in [5, 5.41) is 0. The van der Waals surface area contributed by atoms with Crippen molar-refractivity contribution >= 4 is 26.8 Å². The second-order valence-electron chi connectivity index (χ2n) is 5.88. The van der Waals surface area contributed by atoms with Crippen LogP contribution in [0.2, 0.25) is 0 Å². The third-order valence-corrected chi connectivity index (χ3v) is 5.56. The molecule has 1 heterocycles. The largest absolute Gasteiger partial charge is 0.419 e. The lowest BCUT2D eigenvalue weighted by molar-refractivity contribution is -0.137. The molecule has 1 aromatic heterocycles. The van der Waals surface area contributed by atoms with Crippen LogP contribution in [0.4, 0.5) is 18.9 Å². The maximum absolute atomic E-state index is 12.6. The van der Waals surface area contributed by atoms with Crippen molar-refractivity contribution in [1.29, 1.82) is 0 Å². The van der Waals surface area contributed by atoms with E-state index in [0.717, 1.165) is 24.3 Å². The summed E-state index contributed by atoms with van der Waals surface area (Å²) in [4.78, 5) is 11.7. The average molecular weight is 400 g/mol. The van der Waals surface area contributed by atoms with Crippen LogP contribution >= 0.6 is 0 Å². The maximum atomic E-state index is 12.6. The van der Waals surface area contributed by atoms with Gasteiger partial charge in [0.15, 0.2) is 5.58 Å². The van der Waals surface area contributed by atoms with E-state index in [-0.39, 0.29) is 16.2 Å². The number of nitrogens with zero attached hydrogens (tertiary/aromatic N) is 1. The van der Waals surface area contributed by atoms with E-state index >= 15 is 0 Å². The zero-order valence-electron chi connectivity index (χ0n) is 14.3. The van der Waals surface area contributed by atoms with Crippen LogP contribution in [0.1, 0.15) is 18.1 Å². The number of hydrogen-bond donors (Lipinski definition) is 1. The minimum absolute atomic E-state index is 0.0184. The molecule has 3 rings (SSSR count). The van der Waals surface area contributed by atoms with E-state index in [1.165, 1.54) is 16.7 Å². The van der Waals surface area contributed by atoms with Crippen molar-refractivity contribution in [2.75, 3.05) is 4.72 Å². The molecule has 0 aliphatic heterocycles. The fraction of sp³-hybridized carbons (Fsp3) is 0.235. The second kappa shape index (κ2) is 6.45. The molecule has 10 heteroatoms. The molecule has 0 radical (unpaired) electrons. The summed E-state index contributed by atoms with van der Waals surface area (Å²) >= 11 is 0. The number of anilines is 1. The maximum Gasteiger partial charge on any atom is 0.419 e. The van der Waals surface area contributed by atoms with E-state index in [4.69, 9.17) is 4.42 Å². The highest BCUT2D eigenvalue weighted by atomic mass is 32.2. The van der Waals surface area contributed by atoms with Gasteiger partial charge in [-0.1, -0.05) is 0 Å². The Balaban J connectivity index is 1.99. The van der Waals surface area contributed by atoms with Gasteiger partial charge in [-0.2, -0.15) is 13.2 Å². The van der Waals surface area contributed by atoms with E-state index in [1.54, 1.807) is 13.8 Å². The molecule has 2 aromatic carbocycles. The smallest absolute Gasteiger partial charge is 0.408 e. The van der Waals surface area contributed by atoms with Crippen LogP contribution < -0.4 is 10.5 Å². The van der Waals surface area contributed by atoms with Crippen molar-refractivity contribution in [1.82, 2.24) is 4.57 Å². The molecule has 0 spiro atoms. The van der Waals surface area contributed by atoms with Crippen LogP contribution in [0.5, 0.6) is 0 Å². The van der Waals surface area contributed by atoms with Crippen molar-refractivity contribution < 1.29 is 26.0 Å². The highest BCUT2D eigenvalue weighted by Crippen LogP contribution is 2.30. The molecule has 0 aliphatic rings. The first-order chi connectivity index (χ1) is 12.5. The zero-order valence-corrected chi connectivity index (χ0v) is 15.1. The lowest BCUT2D eigenvalue weighted by Crippen LogP contribution is -2.15. The van der Waals surface area contributed by atoms with Gasteiger partial charge in [0.2, 0.25) is 0 Å². The molecular formula is C17H15F3N2O4S. The molecule has 1 N–H and O–H groups in total. The molecule has 0 amide bonds. The molecule has 3 aromatic rings. The van der Waals surface area contributed by atoms with Crippen LogP contribution in [-0.2, 0) is 22.7 Å². The number of aryl methyl sites for hydroxylation is 2. The van der Waals surface area contributed by atoms with Crippen molar-refractivity contribution in [2.45, 2.75) is 31.5 Å². The average Bonchev–Trinajstić information content (AvgIpc) is 2.87. The summed E-state index contributed by atoms with van der Waals surface area (Å²) in [6.07, 6.45) is -4.51. The molecular weight excluding hydrogens is 385 g/mol. The molecule has 0 unspecified atom stereocenters. The molecule has 0 atom stereocenters. The van der Waals surface area contributed by atoms with Crippen LogP contribution in [0.25, 0.3) is 11.1 Å². The summed E-state index contributed by atoms with van der Waals surface area (Å²) in [5.41, 5.74) is 0.0412. The van der Waals surface area contributed by atoms with Gasteiger partial charge >= 0.3 is 11.9 Å². The Kier molecular flexibility index (Phi) is 4.54. The summed E-state index contributed by atoms with van der Waals surface area (Å²) < 4.78 is 71.8. The second-order valence-corrected chi connectivity index (χ2v) is 7.53. The van der Waals surface area contributed by atoms with Gasteiger partial charge in [-0.25, -0.2) is 13.2 Å². The molecule has 144 valence electrons. The first-order valence-corrected chi connectivity index (χ1v) is 9.35. The van der Waals surface area contributed by atoms with E-state index in [1.807, 2.05) is 0 Å². The van der Waals surface area contributed by atoms with Gasteiger partial charge in [-0.15, -0.1) is 0 Å². The lowest BCUT2D eigenvalue weighted by atomic mass is 10.2. The number of oxazole rings is 1. The summed E-state index contributed by atoms with van der Waals surface area (Å²) in [5.74, 6) is -0.600. The molecule has 0 saturated carbocycles. The summed E-state index contributed by atoms with van der Waals surface area (Å²) in [7, 11) is -4.10. The molecule has 0 aliphatic carbocycles. The Morgan fingerprint density at radius 3 is 2.33 bits per heavy atom. The molecule has 0 bridgehead atoms. The normalized spacial score (nSPS) is 12.5. The van der Waals surface area contributed by atoms with E-state index < -0.39 is 27.5 Å². The number of rotatable bonds is 4. The SMILES string of the molecule is CCn1c(=O)oc2cc(S(=O)(=O)Nc3ccc(C(F)(F)F)cc3)c(C)cc21. The van der Waals surface area contributed by atoms with Crippen molar-refractivity contribution in [3.63, 3.8) is 0 Å². The quantitative estimate of drug-likeness (QED) is 0.723. The monoisotopic (exact) mass is 400 g/mol. The fourth-order valence-corrected chi connectivity index (χ4v) is 4.02. The Labute approximate surface area is 152 Å². The molecule has 0 fully saturated rings. The van der Waals surface area contributed by atoms with Gasteiger partial charge in [-0.3, -0.25) is 9.29 Å². The Morgan fingerprint density at radius 1 is 1.15 bits per heavy atom. The molecule has 0 saturated heterocycles. The number of sulfonamides is 1. The van der Waals surface area contributed by atoms with Gasteiger partial charge in [0.25, 0.3) is 10.0 Å². The Hall–Kier alpha value is -2.75. The zero-order chi connectivity index (χ0) is 20.0. The number of alkyl halides is 3. The molecule has 6 nitrogen and oxygen atoms in total. The predicted octanol–water partition coefficient (Wildman–Crippen LogP) is 3.74. The topological polar surface area (TPSA) is 81.3 Å². The third-order valence-electron chi connectivity index (χ3n) is 4.04. The van der Waals surface area contributed by atoms with Crippen molar-refractivity contribution in [2.24, 2.45) is 0 Å². The summed E-state index contributed by atoms with van der Waals surface area (Å²) in [6, 6.07) is 6.38. The van der Waals surface area contributed by atoms with Crippen LogP contribution in [0, 0.1) is 6.92 Å². The first-order valence-electron chi connectivity index (χ1n) is 7.87. The van der Waals surface area contributed by atoms with Gasteiger partial charge in [-0.05, 0) is 49.7 Å². The van der Waals surface area contributed by atoms with Crippen LogP contribution in [0.15, 0.2) is 50.5 Å². The van der Waals surface area contributed by atoms with E-state index in [9.17, 15) is 26.4 Å². The highest BCUT2D eigenvalue weighted by molar-refractivity contribution is 7.92. The van der Waals surface area contributed by atoms with Gasteiger partial charge < -0.3 is 4.42 Å². The Morgan fingerprint density at radius 2 is 1.78 bits per heavy atom. The van der Waals surface area contributed by atoms with Gasteiger partial charge in [0, 0.05) is 18.3 Å². The lowest BCUT2D eigenvalue weighted by Gasteiger charge is -2.12. The Bertz CT molecular complexity index is 1160.